The van der Waals surface area contributed by atoms with Crippen molar-refractivity contribution in [2.75, 3.05) is 12.4 Å². The number of pyridine rings is 2. The molecule has 17 heavy (non-hydrogen) atoms. The van der Waals surface area contributed by atoms with Gasteiger partial charge in [0.1, 0.15) is 5.82 Å². The first-order valence-corrected chi connectivity index (χ1v) is 5.02. The van der Waals surface area contributed by atoms with Crippen LogP contribution in [0.15, 0.2) is 42.7 Å². The Bertz CT molecular complexity index is 514. The number of rotatable bonds is 3. The summed E-state index contributed by atoms with van der Waals surface area (Å²) in [6.45, 7) is 0. The molecule has 5 nitrogen and oxygen atoms in total. The molecule has 5 heteroatoms. The Kier molecular flexibility index (Phi) is 3.30. The highest BCUT2D eigenvalue weighted by Crippen LogP contribution is 2.10. The van der Waals surface area contributed by atoms with E-state index in [4.69, 9.17) is 4.74 Å². The van der Waals surface area contributed by atoms with Gasteiger partial charge in [-0.2, -0.15) is 0 Å². The van der Waals surface area contributed by atoms with E-state index in [1.165, 1.54) is 13.3 Å². The molecule has 0 saturated heterocycles. The van der Waals surface area contributed by atoms with Crippen LogP contribution in [0.25, 0.3) is 0 Å². The lowest BCUT2D eigenvalue weighted by Crippen LogP contribution is -2.13. The third kappa shape index (κ3) is 2.78. The molecule has 1 amide bonds. The topological polar surface area (TPSA) is 64.1 Å². The number of hydrogen-bond donors (Lipinski definition) is 1. The fraction of sp³-hybridized carbons (Fsp3) is 0.0833. The van der Waals surface area contributed by atoms with Crippen molar-refractivity contribution < 1.29 is 9.53 Å². The zero-order chi connectivity index (χ0) is 12.1. The minimum atomic E-state index is -0.246. The minimum absolute atomic E-state index is 0.246. The number of amides is 1. The molecule has 0 atom stereocenters. The van der Waals surface area contributed by atoms with Gasteiger partial charge in [0.05, 0.1) is 7.11 Å². The number of carbonyl (C=O) groups excluding carboxylic acids is 1. The van der Waals surface area contributed by atoms with Crippen molar-refractivity contribution >= 4 is 11.7 Å². The molecule has 0 aromatic carbocycles. The highest BCUT2D eigenvalue weighted by atomic mass is 16.5. The molecule has 0 unspecified atom stereocenters. The number of anilines is 1. The fourth-order valence-corrected chi connectivity index (χ4v) is 1.29. The smallest absolute Gasteiger partial charge is 0.257 e. The minimum Gasteiger partial charge on any atom is -0.481 e. The molecule has 0 spiro atoms. The fourth-order valence-electron chi connectivity index (χ4n) is 1.29. The third-order valence-electron chi connectivity index (χ3n) is 2.11. The van der Waals surface area contributed by atoms with Crippen LogP contribution >= 0.6 is 0 Å². The molecule has 86 valence electrons. The van der Waals surface area contributed by atoms with E-state index < -0.39 is 0 Å². The summed E-state index contributed by atoms with van der Waals surface area (Å²) in [6.07, 6.45) is 3.13. The second-order valence-electron chi connectivity index (χ2n) is 3.26. The van der Waals surface area contributed by atoms with Crippen LogP contribution < -0.4 is 10.1 Å². The molecular formula is C12H11N3O2. The highest BCUT2D eigenvalue weighted by Gasteiger charge is 2.07. The number of hydrogen-bond acceptors (Lipinski definition) is 4. The van der Waals surface area contributed by atoms with Crippen molar-refractivity contribution in [3.63, 3.8) is 0 Å². The van der Waals surface area contributed by atoms with Crippen molar-refractivity contribution in [2.45, 2.75) is 0 Å². The summed E-state index contributed by atoms with van der Waals surface area (Å²) in [5.74, 6) is 0.663. The average molecular weight is 229 g/mol. The molecule has 0 aliphatic carbocycles. The summed E-state index contributed by atoms with van der Waals surface area (Å²) >= 11 is 0. The molecule has 0 aliphatic rings. The second-order valence-corrected chi connectivity index (χ2v) is 3.26. The zero-order valence-corrected chi connectivity index (χ0v) is 9.25. The summed E-state index contributed by atoms with van der Waals surface area (Å²) in [6, 6.07) is 8.48. The molecule has 0 saturated carbocycles. The Hall–Kier alpha value is -2.43. The zero-order valence-electron chi connectivity index (χ0n) is 9.25. The number of nitrogens with zero attached hydrogens (tertiary/aromatic N) is 2. The summed E-state index contributed by atoms with van der Waals surface area (Å²) in [4.78, 5) is 19.8. The second kappa shape index (κ2) is 5.07. The van der Waals surface area contributed by atoms with E-state index in [-0.39, 0.29) is 5.91 Å². The maximum atomic E-state index is 11.8. The third-order valence-corrected chi connectivity index (χ3v) is 2.11. The van der Waals surface area contributed by atoms with Gasteiger partial charge in [-0.1, -0.05) is 6.07 Å². The van der Waals surface area contributed by atoms with E-state index >= 15 is 0 Å². The Labute approximate surface area is 98.5 Å². The lowest BCUT2D eigenvalue weighted by molar-refractivity contribution is 0.102. The molecule has 0 aliphatic heterocycles. The van der Waals surface area contributed by atoms with Crippen molar-refractivity contribution in [1.29, 1.82) is 0 Å². The molecular weight excluding hydrogens is 218 g/mol. The molecule has 2 heterocycles. The van der Waals surface area contributed by atoms with Crippen LogP contribution in [0.1, 0.15) is 10.4 Å². The summed E-state index contributed by atoms with van der Waals surface area (Å²) < 4.78 is 4.95. The van der Waals surface area contributed by atoms with Gasteiger partial charge >= 0.3 is 0 Å². The predicted molar refractivity (Wildman–Crippen MR) is 63.0 cm³/mol. The van der Waals surface area contributed by atoms with Gasteiger partial charge in [0.15, 0.2) is 0 Å². The quantitative estimate of drug-likeness (QED) is 0.870. The van der Waals surface area contributed by atoms with Crippen LogP contribution in [0.5, 0.6) is 5.88 Å². The van der Waals surface area contributed by atoms with E-state index in [1.54, 1.807) is 36.5 Å². The maximum Gasteiger partial charge on any atom is 0.257 e. The van der Waals surface area contributed by atoms with E-state index in [1.807, 2.05) is 0 Å². The summed E-state index contributed by atoms with van der Waals surface area (Å²) in [5, 5.41) is 2.68. The average Bonchev–Trinajstić information content (AvgIpc) is 2.40. The number of methoxy groups -OCH3 is 1. The number of nitrogens with one attached hydrogen (secondary N) is 1. The van der Waals surface area contributed by atoms with Gasteiger partial charge in [-0.15, -0.1) is 0 Å². The number of carbonyl (C=O) groups is 1. The van der Waals surface area contributed by atoms with Crippen LogP contribution in [-0.2, 0) is 0 Å². The van der Waals surface area contributed by atoms with Gasteiger partial charge < -0.3 is 10.1 Å². The van der Waals surface area contributed by atoms with Gasteiger partial charge in [-0.05, 0) is 18.2 Å². The van der Waals surface area contributed by atoms with Gasteiger partial charge in [0.25, 0.3) is 5.91 Å². The standard InChI is InChI=1S/C12H11N3O2/c1-17-11-8-9(5-7-14-11)12(16)15-10-4-2-3-6-13-10/h2-8H,1H3,(H,13,15,16). The Morgan fingerprint density at radius 2 is 2.12 bits per heavy atom. The van der Waals surface area contributed by atoms with Crippen molar-refractivity contribution in [2.24, 2.45) is 0 Å². The van der Waals surface area contributed by atoms with Gasteiger partial charge in [0, 0.05) is 24.0 Å². The largest absolute Gasteiger partial charge is 0.481 e. The molecule has 2 aromatic heterocycles. The Balaban J connectivity index is 2.14. The number of aromatic nitrogens is 2. The van der Waals surface area contributed by atoms with E-state index in [9.17, 15) is 4.79 Å². The molecule has 0 fully saturated rings. The van der Waals surface area contributed by atoms with Crippen LogP contribution in [0.3, 0.4) is 0 Å². The molecule has 0 radical (unpaired) electrons. The molecule has 1 N–H and O–H groups in total. The molecule has 2 aromatic rings. The number of ether oxygens (including phenoxy) is 1. The summed E-state index contributed by atoms with van der Waals surface area (Å²) in [7, 11) is 1.50. The van der Waals surface area contributed by atoms with E-state index in [0.29, 0.717) is 17.3 Å². The maximum absolute atomic E-state index is 11.8. The highest BCUT2D eigenvalue weighted by molar-refractivity contribution is 6.03. The lowest BCUT2D eigenvalue weighted by Gasteiger charge is -2.04. The van der Waals surface area contributed by atoms with E-state index in [0.717, 1.165) is 0 Å². The predicted octanol–water partition coefficient (Wildman–Crippen LogP) is 1.74. The Morgan fingerprint density at radius 3 is 2.82 bits per heavy atom. The summed E-state index contributed by atoms with van der Waals surface area (Å²) in [5.41, 5.74) is 0.475. The van der Waals surface area contributed by atoms with Gasteiger partial charge in [-0.25, -0.2) is 9.97 Å². The molecule has 0 bridgehead atoms. The lowest BCUT2D eigenvalue weighted by atomic mass is 10.2. The Morgan fingerprint density at radius 1 is 1.24 bits per heavy atom. The van der Waals surface area contributed by atoms with Crippen LogP contribution in [-0.4, -0.2) is 23.0 Å². The van der Waals surface area contributed by atoms with Crippen molar-refractivity contribution in [1.82, 2.24) is 9.97 Å². The first kappa shape index (κ1) is 11.1. The SMILES string of the molecule is COc1cc(C(=O)Nc2ccccn2)ccn1. The van der Waals surface area contributed by atoms with E-state index in [2.05, 4.69) is 15.3 Å². The van der Waals surface area contributed by atoms with Gasteiger partial charge in [-0.3, -0.25) is 4.79 Å². The van der Waals surface area contributed by atoms with Crippen LogP contribution in [0.4, 0.5) is 5.82 Å². The first-order chi connectivity index (χ1) is 8.29. The van der Waals surface area contributed by atoms with Crippen LogP contribution in [0, 0.1) is 0 Å². The van der Waals surface area contributed by atoms with Crippen molar-refractivity contribution in [3.8, 4) is 5.88 Å². The van der Waals surface area contributed by atoms with Crippen LogP contribution in [0.2, 0.25) is 0 Å². The monoisotopic (exact) mass is 229 g/mol. The van der Waals surface area contributed by atoms with Crippen molar-refractivity contribution in [3.05, 3.63) is 48.3 Å². The van der Waals surface area contributed by atoms with Gasteiger partial charge in [0.2, 0.25) is 5.88 Å². The normalized spacial score (nSPS) is 9.71. The molecule has 2 rings (SSSR count). The first-order valence-electron chi connectivity index (χ1n) is 5.02.